The maximum atomic E-state index is 5.75. The molecule has 0 fully saturated rings. The van der Waals surface area contributed by atoms with E-state index in [1.807, 2.05) is 7.05 Å². The van der Waals surface area contributed by atoms with Crippen molar-refractivity contribution in [2.45, 2.75) is 33.1 Å². The smallest absolute Gasteiger partial charge is 0.0469 e. The molecule has 0 aliphatic carbocycles. The Morgan fingerprint density at radius 3 is 2.50 bits per heavy atom. The average Bonchev–Trinajstić information content (AvgIpc) is 2.40. The molecule has 114 valence electrons. The summed E-state index contributed by atoms with van der Waals surface area (Å²) < 4.78 is 6.96. The highest BCUT2D eigenvalue weighted by Gasteiger charge is 2.11. The van der Waals surface area contributed by atoms with Gasteiger partial charge in [0, 0.05) is 17.7 Å². The van der Waals surface area contributed by atoms with Gasteiger partial charge >= 0.3 is 0 Å². The lowest BCUT2D eigenvalue weighted by molar-refractivity contribution is 0.110. The van der Waals surface area contributed by atoms with Gasteiger partial charge in [-0.2, -0.15) is 0 Å². The number of halogens is 1. The van der Waals surface area contributed by atoms with Crippen LogP contribution in [0.2, 0.25) is 0 Å². The Morgan fingerprint density at radius 1 is 1.15 bits per heavy atom. The summed E-state index contributed by atoms with van der Waals surface area (Å²) in [5.74, 6) is 1.35. The lowest BCUT2D eigenvalue weighted by Crippen LogP contribution is -2.22. The molecular weight excluding hydrogens is 314 g/mol. The fourth-order valence-corrected chi connectivity index (χ4v) is 2.66. The quantitative estimate of drug-likeness (QED) is 0.641. The van der Waals surface area contributed by atoms with E-state index in [0.29, 0.717) is 5.92 Å². The summed E-state index contributed by atoms with van der Waals surface area (Å²) in [6.07, 6.45) is 3.36. The van der Waals surface area contributed by atoms with Crippen LogP contribution in [0.4, 0.5) is 0 Å². The van der Waals surface area contributed by atoms with E-state index in [4.69, 9.17) is 4.74 Å². The fourth-order valence-electron chi connectivity index (χ4n) is 2.21. The van der Waals surface area contributed by atoms with Crippen LogP contribution in [0.1, 0.15) is 32.3 Å². The van der Waals surface area contributed by atoms with Crippen LogP contribution in [0, 0.1) is 11.8 Å². The maximum Gasteiger partial charge on any atom is 0.0469 e. The Bertz CT molecular complexity index is 368. The Hall–Kier alpha value is -0.380. The summed E-state index contributed by atoms with van der Waals surface area (Å²) in [7, 11) is 2.02. The van der Waals surface area contributed by atoms with E-state index in [1.54, 1.807) is 0 Å². The highest BCUT2D eigenvalue weighted by molar-refractivity contribution is 9.10. The molecule has 0 aliphatic heterocycles. The molecule has 1 aromatic rings. The summed E-state index contributed by atoms with van der Waals surface area (Å²) in [4.78, 5) is 0. The summed E-state index contributed by atoms with van der Waals surface area (Å²) in [6, 6.07) is 8.49. The van der Waals surface area contributed by atoms with Crippen molar-refractivity contribution in [3.8, 4) is 0 Å². The SMILES string of the molecule is CNCC(CCOCCC(C)C)Cc1ccccc1Br. The summed E-state index contributed by atoms with van der Waals surface area (Å²) in [5.41, 5.74) is 1.38. The van der Waals surface area contributed by atoms with Crippen molar-refractivity contribution < 1.29 is 4.74 Å². The van der Waals surface area contributed by atoms with Gasteiger partial charge in [0.05, 0.1) is 0 Å². The Kier molecular flexibility index (Phi) is 9.16. The monoisotopic (exact) mass is 341 g/mol. The first-order valence-electron chi connectivity index (χ1n) is 7.59. The van der Waals surface area contributed by atoms with Gasteiger partial charge in [0.1, 0.15) is 0 Å². The number of hydrogen-bond donors (Lipinski definition) is 1. The molecule has 0 saturated heterocycles. The van der Waals surface area contributed by atoms with Crippen molar-refractivity contribution in [2.75, 3.05) is 26.8 Å². The Labute approximate surface area is 132 Å². The fraction of sp³-hybridized carbons (Fsp3) is 0.647. The second kappa shape index (κ2) is 10.4. The second-order valence-electron chi connectivity index (χ2n) is 5.80. The molecule has 1 unspecified atom stereocenters. The number of benzene rings is 1. The van der Waals surface area contributed by atoms with E-state index in [-0.39, 0.29) is 0 Å². The van der Waals surface area contributed by atoms with Gasteiger partial charge in [0.25, 0.3) is 0 Å². The molecule has 0 amide bonds. The van der Waals surface area contributed by atoms with Crippen molar-refractivity contribution in [3.63, 3.8) is 0 Å². The van der Waals surface area contributed by atoms with Gasteiger partial charge in [-0.1, -0.05) is 48.0 Å². The van der Waals surface area contributed by atoms with E-state index in [2.05, 4.69) is 59.4 Å². The number of hydrogen-bond acceptors (Lipinski definition) is 2. The molecule has 1 rings (SSSR count). The zero-order valence-corrected chi connectivity index (χ0v) is 14.6. The Balaban J connectivity index is 2.35. The first-order chi connectivity index (χ1) is 9.63. The van der Waals surface area contributed by atoms with E-state index in [9.17, 15) is 0 Å². The molecule has 20 heavy (non-hydrogen) atoms. The van der Waals surface area contributed by atoms with Gasteiger partial charge in [0.2, 0.25) is 0 Å². The molecule has 0 aromatic heterocycles. The third-order valence-corrected chi connectivity index (χ3v) is 4.24. The molecule has 1 N–H and O–H groups in total. The van der Waals surface area contributed by atoms with Gasteiger partial charge in [-0.3, -0.25) is 0 Å². The van der Waals surface area contributed by atoms with Crippen molar-refractivity contribution >= 4 is 15.9 Å². The van der Waals surface area contributed by atoms with Crippen LogP contribution in [0.25, 0.3) is 0 Å². The summed E-state index contributed by atoms with van der Waals surface area (Å²) in [5, 5.41) is 3.30. The van der Waals surface area contributed by atoms with Crippen molar-refractivity contribution in [2.24, 2.45) is 11.8 Å². The topological polar surface area (TPSA) is 21.3 Å². The van der Waals surface area contributed by atoms with Crippen molar-refractivity contribution in [3.05, 3.63) is 34.3 Å². The van der Waals surface area contributed by atoms with E-state index in [1.165, 1.54) is 10.0 Å². The largest absolute Gasteiger partial charge is 0.381 e. The molecule has 0 bridgehead atoms. The molecule has 1 atom stereocenters. The Morgan fingerprint density at radius 2 is 1.85 bits per heavy atom. The zero-order valence-electron chi connectivity index (χ0n) is 13.0. The number of rotatable bonds is 10. The van der Waals surface area contributed by atoms with Crippen LogP contribution in [-0.2, 0) is 11.2 Å². The first kappa shape index (κ1) is 17.7. The minimum Gasteiger partial charge on any atom is -0.381 e. The second-order valence-corrected chi connectivity index (χ2v) is 6.66. The minimum atomic E-state index is 0.623. The third-order valence-electron chi connectivity index (χ3n) is 3.47. The van der Waals surface area contributed by atoms with Crippen LogP contribution in [0.15, 0.2) is 28.7 Å². The summed E-state index contributed by atoms with van der Waals surface area (Å²) >= 11 is 3.63. The maximum absolute atomic E-state index is 5.75. The molecule has 1 aromatic carbocycles. The van der Waals surface area contributed by atoms with Crippen molar-refractivity contribution in [1.82, 2.24) is 5.32 Å². The van der Waals surface area contributed by atoms with Gasteiger partial charge in [-0.25, -0.2) is 0 Å². The zero-order chi connectivity index (χ0) is 14.8. The summed E-state index contributed by atoms with van der Waals surface area (Å²) in [6.45, 7) is 7.26. The van der Waals surface area contributed by atoms with Crippen LogP contribution in [-0.4, -0.2) is 26.8 Å². The van der Waals surface area contributed by atoms with Crippen LogP contribution in [0.3, 0.4) is 0 Å². The van der Waals surface area contributed by atoms with Gasteiger partial charge < -0.3 is 10.1 Å². The lowest BCUT2D eigenvalue weighted by atomic mass is 9.96. The lowest BCUT2D eigenvalue weighted by Gasteiger charge is -2.17. The molecule has 0 heterocycles. The number of ether oxygens (including phenoxy) is 1. The number of nitrogens with one attached hydrogen (secondary N) is 1. The highest BCUT2D eigenvalue weighted by Crippen LogP contribution is 2.20. The molecule has 0 aliphatic rings. The normalized spacial score (nSPS) is 12.8. The van der Waals surface area contributed by atoms with Crippen LogP contribution in [0.5, 0.6) is 0 Å². The van der Waals surface area contributed by atoms with E-state index < -0.39 is 0 Å². The molecule has 2 nitrogen and oxygen atoms in total. The van der Waals surface area contributed by atoms with Crippen molar-refractivity contribution in [1.29, 1.82) is 0 Å². The molecule has 3 heteroatoms. The van der Waals surface area contributed by atoms with E-state index >= 15 is 0 Å². The molecule has 0 spiro atoms. The average molecular weight is 342 g/mol. The van der Waals surface area contributed by atoms with Crippen LogP contribution >= 0.6 is 15.9 Å². The molecule has 0 saturated carbocycles. The van der Waals surface area contributed by atoms with E-state index in [0.717, 1.165) is 44.9 Å². The minimum absolute atomic E-state index is 0.623. The standard InChI is InChI=1S/C17H28BrNO/c1-14(2)8-10-20-11-9-15(13-19-3)12-16-6-4-5-7-17(16)18/h4-7,14-15,19H,8-13H2,1-3H3. The third kappa shape index (κ3) is 7.41. The van der Waals surface area contributed by atoms with Gasteiger partial charge in [-0.15, -0.1) is 0 Å². The molecular formula is C17H28BrNO. The first-order valence-corrected chi connectivity index (χ1v) is 8.38. The highest BCUT2D eigenvalue weighted by atomic mass is 79.9. The van der Waals surface area contributed by atoms with Crippen LogP contribution < -0.4 is 5.32 Å². The molecule has 0 radical (unpaired) electrons. The van der Waals surface area contributed by atoms with Gasteiger partial charge in [0.15, 0.2) is 0 Å². The predicted molar refractivity (Wildman–Crippen MR) is 90.2 cm³/mol. The predicted octanol–water partition coefficient (Wildman–Crippen LogP) is 4.28. The van der Waals surface area contributed by atoms with Gasteiger partial charge in [-0.05, 0) is 56.3 Å².